The molecular weight excluding hydrogens is 676 g/mol. The second-order valence-electron chi connectivity index (χ2n) is 15.9. The number of hydrogen-bond acceptors (Lipinski definition) is 9. The fourth-order valence-corrected chi connectivity index (χ4v) is 13.3. The first-order valence-corrected chi connectivity index (χ1v) is 20.6. The van der Waals surface area contributed by atoms with Gasteiger partial charge in [0, 0.05) is 42.9 Å². The Labute approximate surface area is 307 Å². The van der Waals surface area contributed by atoms with E-state index in [9.17, 15) is 9.90 Å². The molecule has 0 radical (unpaired) electrons. The summed E-state index contributed by atoms with van der Waals surface area (Å²) in [4.78, 5) is 27.7. The Morgan fingerprint density at radius 1 is 1.06 bits per heavy atom. The Morgan fingerprint density at radius 3 is 2.42 bits per heavy atom. The SMILES string of the molecule is COCOc1cc(-c2ncc3c(N4CCC[C@@](C)(O)C4)nc(OCC4(C=O)CC4)nc3c2F)c2c(C#C[Si](C(C)C)(C(C)C)C(C)C)cccc2c1. The predicted octanol–water partition coefficient (Wildman–Crippen LogP) is 8.25. The molecule has 0 amide bonds. The van der Waals surface area contributed by atoms with Crippen molar-refractivity contribution in [2.45, 2.75) is 96.4 Å². The summed E-state index contributed by atoms with van der Waals surface area (Å²) in [6.45, 7) is 16.5. The topological polar surface area (TPSA) is 107 Å². The molecule has 0 unspecified atom stereocenters. The van der Waals surface area contributed by atoms with Crippen LogP contribution in [0.1, 0.15) is 79.7 Å². The molecule has 0 bridgehead atoms. The van der Waals surface area contributed by atoms with E-state index in [1.165, 1.54) is 0 Å². The lowest BCUT2D eigenvalue weighted by Gasteiger charge is -2.38. The highest BCUT2D eigenvalue weighted by Gasteiger charge is 2.44. The van der Waals surface area contributed by atoms with Gasteiger partial charge >= 0.3 is 6.01 Å². The number of β-amino-alcohol motifs (C(OH)–C–C–N with tert-alkyl or cyclic N) is 1. The molecule has 2 fully saturated rings. The van der Waals surface area contributed by atoms with Gasteiger partial charge in [0.2, 0.25) is 0 Å². The van der Waals surface area contributed by atoms with E-state index in [-0.39, 0.29) is 30.6 Å². The number of ether oxygens (including phenoxy) is 3. The molecule has 1 atom stereocenters. The lowest BCUT2D eigenvalue weighted by Crippen LogP contribution is -2.46. The van der Waals surface area contributed by atoms with Crippen LogP contribution in [-0.4, -0.2) is 73.6 Å². The lowest BCUT2D eigenvalue weighted by molar-refractivity contribution is -0.113. The van der Waals surface area contributed by atoms with E-state index in [0.717, 1.165) is 41.9 Å². The van der Waals surface area contributed by atoms with E-state index in [1.54, 1.807) is 26.3 Å². The van der Waals surface area contributed by atoms with Gasteiger partial charge in [0.25, 0.3) is 0 Å². The Balaban J connectivity index is 1.58. The van der Waals surface area contributed by atoms with Crippen molar-refractivity contribution in [1.29, 1.82) is 0 Å². The minimum Gasteiger partial charge on any atom is -0.468 e. The van der Waals surface area contributed by atoms with Gasteiger partial charge in [0.05, 0.1) is 16.4 Å². The predicted molar refractivity (Wildman–Crippen MR) is 206 cm³/mol. The minimum absolute atomic E-state index is 0.0164. The molecule has 9 nitrogen and oxygen atoms in total. The number of carbonyl (C=O) groups is 1. The molecule has 1 saturated carbocycles. The van der Waals surface area contributed by atoms with Crippen LogP contribution >= 0.6 is 0 Å². The van der Waals surface area contributed by atoms with Crippen molar-refractivity contribution in [2.75, 3.05) is 38.5 Å². The number of fused-ring (bicyclic) bond motifs is 2. The molecule has 6 rings (SSSR count). The zero-order valence-corrected chi connectivity index (χ0v) is 32.7. The van der Waals surface area contributed by atoms with Gasteiger partial charge in [-0.25, -0.2) is 4.39 Å². The third-order valence-electron chi connectivity index (χ3n) is 11.1. The number of aldehydes is 1. The summed E-state index contributed by atoms with van der Waals surface area (Å²) in [5.74, 6) is 3.89. The number of halogens is 1. The van der Waals surface area contributed by atoms with E-state index in [1.807, 2.05) is 29.2 Å². The zero-order valence-electron chi connectivity index (χ0n) is 31.7. The first-order valence-electron chi connectivity index (χ1n) is 18.4. The third-order valence-corrected chi connectivity index (χ3v) is 17.4. The van der Waals surface area contributed by atoms with Crippen LogP contribution in [0.5, 0.6) is 11.8 Å². The van der Waals surface area contributed by atoms with Crippen LogP contribution in [0.3, 0.4) is 0 Å². The number of rotatable bonds is 12. The third kappa shape index (κ3) is 7.26. The van der Waals surface area contributed by atoms with E-state index in [2.05, 4.69) is 58.0 Å². The molecule has 52 heavy (non-hydrogen) atoms. The first kappa shape index (κ1) is 37.6. The number of piperidine rings is 1. The van der Waals surface area contributed by atoms with Gasteiger partial charge in [-0.15, -0.1) is 5.54 Å². The Morgan fingerprint density at radius 2 is 1.79 bits per heavy atom. The standard InChI is InChI=1S/C41H51FN4O5Si/c1-26(2)52(27(3)4,28(5)6)18-13-29-11-9-12-30-19-31(51-25-49-8)20-32(34(29)30)36-35(42)37-33(21-43-36)38(46-17-10-14-40(7,48)22-46)45-39(44-37)50-24-41(23-47)15-16-41/h9,11-12,19-21,23,26-28,48H,10,14-17,22,24-25H2,1-8H3/t40-/m1/s1. The van der Waals surface area contributed by atoms with E-state index in [0.29, 0.717) is 58.7 Å². The highest BCUT2D eigenvalue weighted by Crippen LogP contribution is 2.45. The van der Waals surface area contributed by atoms with Crippen LogP contribution in [0.4, 0.5) is 10.2 Å². The second kappa shape index (κ2) is 14.7. The molecule has 1 N–H and O–H groups in total. The van der Waals surface area contributed by atoms with Crippen LogP contribution < -0.4 is 14.4 Å². The highest BCUT2D eigenvalue weighted by atomic mass is 28.3. The number of nitrogens with zero attached hydrogens (tertiary/aromatic N) is 4. The first-order chi connectivity index (χ1) is 24.7. The summed E-state index contributed by atoms with van der Waals surface area (Å²) in [6, 6.07) is 9.59. The number of methoxy groups -OCH3 is 1. The fourth-order valence-electron chi connectivity index (χ4n) is 8.09. The normalized spacial score (nSPS) is 18.6. The molecule has 276 valence electrons. The van der Waals surface area contributed by atoms with Crippen molar-refractivity contribution in [1.82, 2.24) is 15.0 Å². The van der Waals surface area contributed by atoms with Crippen LogP contribution in [0, 0.1) is 22.7 Å². The summed E-state index contributed by atoms with van der Waals surface area (Å²) < 4.78 is 34.4. The van der Waals surface area contributed by atoms with Gasteiger partial charge in [-0.1, -0.05) is 59.6 Å². The average Bonchev–Trinajstić information content (AvgIpc) is 3.89. The van der Waals surface area contributed by atoms with Crippen LogP contribution in [-0.2, 0) is 9.53 Å². The average molecular weight is 727 g/mol. The van der Waals surface area contributed by atoms with Crippen molar-refractivity contribution in [3.63, 3.8) is 0 Å². The van der Waals surface area contributed by atoms with Crippen molar-refractivity contribution in [2.24, 2.45) is 5.41 Å². The van der Waals surface area contributed by atoms with E-state index < -0.39 is 24.9 Å². The van der Waals surface area contributed by atoms with Crippen LogP contribution in [0.15, 0.2) is 36.5 Å². The lowest BCUT2D eigenvalue weighted by atomic mass is 9.95. The molecule has 11 heteroatoms. The highest BCUT2D eigenvalue weighted by molar-refractivity contribution is 6.90. The summed E-state index contributed by atoms with van der Waals surface area (Å²) in [5.41, 5.74) is 5.09. The maximum absolute atomic E-state index is 17.3. The van der Waals surface area contributed by atoms with Gasteiger partial charge in [-0.05, 0) is 72.8 Å². The molecule has 1 saturated heterocycles. The van der Waals surface area contributed by atoms with E-state index in [4.69, 9.17) is 24.2 Å². The maximum Gasteiger partial charge on any atom is 0.319 e. The zero-order chi connectivity index (χ0) is 37.4. The molecule has 0 spiro atoms. The molecule has 2 aromatic heterocycles. The number of hydrogen-bond donors (Lipinski definition) is 1. The van der Waals surface area contributed by atoms with Crippen molar-refractivity contribution in [3.05, 3.63) is 47.9 Å². The molecule has 2 aliphatic rings. The number of pyridine rings is 1. The smallest absolute Gasteiger partial charge is 0.319 e. The number of anilines is 1. The van der Waals surface area contributed by atoms with Gasteiger partial charge in [-0.3, -0.25) is 4.98 Å². The molecule has 2 aromatic carbocycles. The Kier molecular flexibility index (Phi) is 10.7. The molecule has 1 aliphatic carbocycles. The molecule has 3 heterocycles. The molecular formula is C41H51FN4O5Si. The Hall–Kier alpha value is -4.11. The van der Waals surface area contributed by atoms with E-state index >= 15 is 4.39 Å². The van der Waals surface area contributed by atoms with Gasteiger partial charge in [0.1, 0.15) is 43.7 Å². The van der Waals surface area contributed by atoms with Crippen molar-refractivity contribution < 1.29 is 28.5 Å². The number of aromatic nitrogens is 3. The van der Waals surface area contributed by atoms with Crippen molar-refractivity contribution in [3.8, 4) is 34.5 Å². The van der Waals surface area contributed by atoms with Gasteiger partial charge in [-0.2, -0.15) is 9.97 Å². The number of carbonyl (C=O) groups excluding carboxylic acids is 1. The number of benzene rings is 2. The van der Waals surface area contributed by atoms with Crippen LogP contribution in [0.2, 0.25) is 16.6 Å². The number of aliphatic hydroxyl groups is 1. The van der Waals surface area contributed by atoms with Crippen LogP contribution in [0.25, 0.3) is 32.9 Å². The molecule has 4 aromatic rings. The Bertz CT molecular complexity index is 2010. The summed E-state index contributed by atoms with van der Waals surface area (Å²) >= 11 is 0. The summed E-state index contributed by atoms with van der Waals surface area (Å²) in [5, 5.41) is 13.0. The minimum atomic E-state index is -2.10. The van der Waals surface area contributed by atoms with Gasteiger partial charge in [0.15, 0.2) is 12.6 Å². The quantitative estimate of drug-likeness (QED) is 0.0669. The monoisotopic (exact) mass is 726 g/mol. The van der Waals surface area contributed by atoms with Crippen molar-refractivity contribution >= 4 is 41.9 Å². The summed E-state index contributed by atoms with van der Waals surface area (Å²) in [6.07, 6.45) is 5.34. The van der Waals surface area contributed by atoms with Gasteiger partial charge < -0.3 is 29.0 Å². The second-order valence-corrected chi connectivity index (χ2v) is 21.5. The largest absolute Gasteiger partial charge is 0.468 e. The summed E-state index contributed by atoms with van der Waals surface area (Å²) in [7, 11) is -0.548. The maximum atomic E-state index is 17.3. The fraction of sp³-hybridized carbons (Fsp3) is 0.512. The molecule has 1 aliphatic heterocycles.